The van der Waals surface area contributed by atoms with Crippen molar-refractivity contribution in [2.24, 2.45) is 0 Å². The van der Waals surface area contributed by atoms with Gasteiger partial charge in [-0.05, 0) is 20.3 Å². The van der Waals surface area contributed by atoms with Crippen LogP contribution in [0.2, 0.25) is 0 Å². The first-order chi connectivity index (χ1) is 8.54. The largest absolute Gasteiger partial charge is 0.466 e. The number of ether oxygens (including phenoxy) is 1. The second-order valence-corrected chi connectivity index (χ2v) is 4.45. The molecular formula is C13H20N2O3. The molecule has 0 aliphatic rings. The lowest BCUT2D eigenvalue weighted by Crippen LogP contribution is -2.08. The fraction of sp³-hybridized carbons (Fsp3) is 0.615. The number of ketones is 1. The van der Waals surface area contributed by atoms with Gasteiger partial charge in [0.05, 0.1) is 24.8 Å². The molecule has 0 amide bonds. The van der Waals surface area contributed by atoms with E-state index in [4.69, 9.17) is 4.74 Å². The minimum Gasteiger partial charge on any atom is -0.466 e. The highest BCUT2D eigenvalue weighted by molar-refractivity contribution is 5.97. The summed E-state index contributed by atoms with van der Waals surface area (Å²) in [5, 5.41) is 4.09. The second kappa shape index (κ2) is 6.93. The molecule has 0 fully saturated rings. The van der Waals surface area contributed by atoms with Crippen molar-refractivity contribution >= 4 is 11.8 Å². The molecule has 0 aliphatic carbocycles. The molecule has 1 heterocycles. The third kappa shape index (κ3) is 4.31. The van der Waals surface area contributed by atoms with E-state index in [0.717, 1.165) is 6.42 Å². The molecule has 0 unspecified atom stereocenters. The summed E-state index contributed by atoms with van der Waals surface area (Å²) in [4.78, 5) is 23.1. The van der Waals surface area contributed by atoms with Gasteiger partial charge >= 0.3 is 5.97 Å². The molecular weight excluding hydrogens is 232 g/mol. The first kappa shape index (κ1) is 14.4. The Kier molecular flexibility index (Phi) is 5.55. The molecule has 5 nitrogen and oxygen atoms in total. The highest BCUT2D eigenvalue weighted by atomic mass is 16.5. The zero-order valence-corrected chi connectivity index (χ0v) is 11.2. The van der Waals surface area contributed by atoms with Gasteiger partial charge < -0.3 is 4.74 Å². The van der Waals surface area contributed by atoms with Gasteiger partial charge in [0.1, 0.15) is 0 Å². The van der Waals surface area contributed by atoms with Crippen LogP contribution in [-0.2, 0) is 9.53 Å². The fourth-order valence-electron chi connectivity index (χ4n) is 1.41. The summed E-state index contributed by atoms with van der Waals surface area (Å²) < 4.78 is 6.63. The van der Waals surface area contributed by atoms with Crippen LogP contribution < -0.4 is 0 Å². The van der Waals surface area contributed by atoms with Gasteiger partial charge in [-0.2, -0.15) is 5.10 Å². The van der Waals surface area contributed by atoms with Gasteiger partial charge in [-0.3, -0.25) is 14.3 Å². The first-order valence-electron chi connectivity index (χ1n) is 6.27. The summed E-state index contributed by atoms with van der Waals surface area (Å²) in [6.45, 7) is 6.32. The Morgan fingerprint density at radius 1 is 1.39 bits per heavy atom. The molecule has 1 aromatic heterocycles. The Morgan fingerprint density at radius 3 is 2.67 bits per heavy atom. The molecule has 0 radical (unpaired) electrons. The van der Waals surface area contributed by atoms with Crippen LogP contribution in [0.5, 0.6) is 0 Å². The topological polar surface area (TPSA) is 61.2 Å². The fourth-order valence-corrected chi connectivity index (χ4v) is 1.41. The Balaban J connectivity index is 2.42. The monoisotopic (exact) mass is 252 g/mol. The molecule has 0 saturated carbocycles. The molecule has 0 N–H and O–H groups in total. The molecule has 0 bridgehead atoms. The van der Waals surface area contributed by atoms with E-state index in [-0.39, 0.29) is 30.6 Å². The van der Waals surface area contributed by atoms with Crippen LogP contribution in [0.3, 0.4) is 0 Å². The van der Waals surface area contributed by atoms with Crippen LogP contribution in [0.1, 0.15) is 56.4 Å². The minimum atomic E-state index is -0.318. The van der Waals surface area contributed by atoms with Crippen molar-refractivity contribution in [3.05, 3.63) is 18.0 Å². The number of hydrogen-bond acceptors (Lipinski definition) is 4. The van der Waals surface area contributed by atoms with Crippen LogP contribution in [0.15, 0.2) is 12.4 Å². The predicted octanol–water partition coefficient (Wildman–Crippen LogP) is 2.38. The molecule has 1 rings (SSSR count). The van der Waals surface area contributed by atoms with Gasteiger partial charge in [0.15, 0.2) is 5.78 Å². The second-order valence-electron chi connectivity index (χ2n) is 4.45. The smallest absolute Gasteiger partial charge is 0.306 e. The lowest BCUT2D eigenvalue weighted by atomic mass is 10.1. The van der Waals surface area contributed by atoms with Crippen molar-refractivity contribution < 1.29 is 14.3 Å². The molecule has 5 heteroatoms. The van der Waals surface area contributed by atoms with E-state index < -0.39 is 0 Å². The van der Waals surface area contributed by atoms with Crippen molar-refractivity contribution in [3.63, 3.8) is 0 Å². The zero-order chi connectivity index (χ0) is 13.5. The molecule has 0 saturated heterocycles. The molecule has 0 aliphatic heterocycles. The molecule has 100 valence electrons. The SMILES string of the molecule is CCCOC(=O)CCC(=O)c1cnn(C(C)C)c1. The lowest BCUT2D eigenvalue weighted by Gasteiger charge is -2.03. The standard InChI is InChI=1S/C13H20N2O3/c1-4-7-18-13(17)6-5-12(16)11-8-14-15(9-11)10(2)3/h8-10H,4-7H2,1-3H3. The Morgan fingerprint density at radius 2 is 2.11 bits per heavy atom. The van der Waals surface area contributed by atoms with Gasteiger partial charge in [-0.1, -0.05) is 6.92 Å². The van der Waals surface area contributed by atoms with Crippen LogP contribution in [0, 0.1) is 0 Å². The number of hydrogen-bond donors (Lipinski definition) is 0. The van der Waals surface area contributed by atoms with Crippen LogP contribution >= 0.6 is 0 Å². The summed E-state index contributed by atoms with van der Waals surface area (Å²) in [7, 11) is 0. The molecule has 0 atom stereocenters. The number of carbonyl (C=O) groups excluding carboxylic acids is 2. The van der Waals surface area contributed by atoms with Gasteiger partial charge in [-0.15, -0.1) is 0 Å². The van der Waals surface area contributed by atoms with Gasteiger partial charge in [0, 0.05) is 18.7 Å². The average molecular weight is 252 g/mol. The summed E-state index contributed by atoms with van der Waals surface area (Å²) in [6, 6.07) is 0.223. The number of aromatic nitrogens is 2. The average Bonchev–Trinajstić information content (AvgIpc) is 2.83. The van der Waals surface area contributed by atoms with Crippen LogP contribution in [0.25, 0.3) is 0 Å². The van der Waals surface area contributed by atoms with E-state index in [0.29, 0.717) is 12.2 Å². The molecule has 1 aromatic rings. The number of carbonyl (C=O) groups is 2. The lowest BCUT2D eigenvalue weighted by molar-refractivity contribution is -0.143. The van der Waals surface area contributed by atoms with Crippen molar-refractivity contribution in [2.45, 2.75) is 46.1 Å². The van der Waals surface area contributed by atoms with Crippen molar-refractivity contribution in [2.75, 3.05) is 6.61 Å². The van der Waals surface area contributed by atoms with Crippen LogP contribution in [-0.4, -0.2) is 28.1 Å². The number of nitrogens with zero attached hydrogens (tertiary/aromatic N) is 2. The number of esters is 1. The van der Waals surface area contributed by atoms with E-state index in [1.807, 2.05) is 20.8 Å². The van der Waals surface area contributed by atoms with Crippen molar-refractivity contribution in [1.82, 2.24) is 9.78 Å². The maximum Gasteiger partial charge on any atom is 0.306 e. The normalized spacial score (nSPS) is 10.7. The third-order valence-corrected chi connectivity index (χ3v) is 2.48. The van der Waals surface area contributed by atoms with E-state index in [9.17, 15) is 9.59 Å². The molecule has 0 aromatic carbocycles. The van der Waals surface area contributed by atoms with Crippen LogP contribution in [0.4, 0.5) is 0 Å². The maximum atomic E-state index is 11.8. The Hall–Kier alpha value is -1.65. The van der Waals surface area contributed by atoms with E-state index in [1.165, 1.54) is 0 Å². The summed E-state index contributed by atoms with van der Waals surface area (Å²) in [6.07, 6.45) is 4.35. The highest BCUT2D eigenvalue weighted by Gasteiger charge is 2.12. The summed E-state index contributed by atoms with van der Waals surface area (Å²) >= 11 is 0. The van der Waals surface area contributed by atoms with Gasteiger partial charge in [0.25, 0.3) is 0 Å². The maximum absolute atomic E-state index is 11.8. The van der Waals surface area contributed by atoms with Crippen molar-refractivity contribution in [3.8, 4) is 0 Å². The third-order valence-electron chi connectivity index (χ3n) is 2.48. The first-order valence-corrected chi connectivity index (χ1v) is 6.27. The van der Waals surface area contributed by atoms with Crippen molar-refractivity contribution in [1.29, 1.82) is 0 Å². The van der Waals surface area contributed by atoms with Gasteiger partial charge in [0.2, 0.25) is 0 Å². The van der Waals surface area contributed by atoms with Gasteiger partial charge in [-0.25, -0.2) is 0 Å². The number of rotatable bonds is 7. The van der Waals surface area contributed by atoms with E-state index in [2.05, 4.69) is 5.10 Å². The predicted molar refractivity (Wildman–Crippen MR) is 67.4 cm³/mol. The minimum absolute atomic E-state index is 0.0738. The van der Waals surface area contributed by atoms with E-state index >= 15 is 0 Å². The highest BCUT2D eigenvalue weighted by Crippen LogP contribution is 2.09. The quantitative estimate of drug-likeness (QED) is 0.552. The Bertz CT molecular complexity index is 410. The Labute approximate surface area is 107 Å². The van der Waals surface area contributed by atoms with E-state index in [1.54, 1.807) is 17.1 Å². The molecule has 0 spiro atoms. The summed E-state index contributed by atoms with van der Waals surface area (Å²) in [5.41, 5.74) is 0.548. The molecule has 18 heavy (non-hydrogen) atoms. The summed E-state index contributed by atoms with van der Waals surface area (Å²) in [5.74, 6) is -0.392. The zero-order valence-electron chi connectivity index (χ0n) is 11.2. The number of Topliss-reactive ketones (excluding diaryl/α,β-unsaturated/α-hetero) is 1.